The van der Waals surface area contributed by atoms with Crippen molar-refractivity contribution in [3.05, 3.63) is 43.4 Å². The van der Waals surface area contributed by atoms with Gasteiger partial charge < -0.3 is 5.73 Å². The predicted molar refractivity (Wildman–Crippen MR) is 81.7 cm³/mol. The van der Waals surface area contributed by atoms with Crippen molar-refractivity contribution >= 4 is 17.3 Å². The summed E-state index contributed by atoms with van der Waals surface area (Å²) < 4.78 is 4.10. The molecule has 2 heterocycles. The average molecular weight is 312 g/mol. The third-order valence-corrected chi connectivity index (χ3v) is 3.79. The molecule has 0 fully saturated rings. The second-order valence-corrected chi connectivity index (χ2v) is 5.30. The molecule has 0 unspecified atom stereocenters. The van der Waals surface area contributed by atoms with Gasteiger partial charge in [0.05, 0.1) is 23.0 Å². The Morgan fingerprint density at radius 1 is 1.38 bits per heavy atom. The van der Waals surface area contributed by atoms with Crippen LogP contribution in [-0.2, 0) is 20.1 Å². The Bertz CT molecular complexity index is 787. The number of hydrogen-bond donors (Lipinski definition) is 1. The van der Waals surface area contributed by atoms with Crippen molar-refractivity contribution in [1.29, 1.82) is 0 Å². The number of aryl methyl sites for hydroxylation is 3. The smallest absolute Gasteiger partial charge is 0.331 e. The van der Waals surface area contributed by atoms with E-state index in [1.807, 2.05) is 6.92 Å². The van der Waals surface area contributed by atoms with Crippen LogP contribution >= 0.6 is 11.6 Å². The topological polar surface area (TPSA) is 87.8 Å². The number of nitrogen functional groups attached to an aromatic ring is 1. The fourth-order valence-electron chi connectivity index (χ4n) is 2.22. The lowest BCUT2D eigenvalue weighted by atomic mass is 10.3. The minimum absolute atomic E-state index is 0.0399. The van der Waals surface area contributed by atoms with Crippen LogP contribution in [0.2, 0.25) is 5.02 Å². The molecule has 114 valence electrons. The lowest BCUT2D eigenvalue weighted by Crippen LogP contribution is -2.41. The van der Waals surface area contributed by atoms with Crippen LogP contribution in [0.15, 0.2) is 15.8 Å². The Morgan fingerprint density at radius 2 is 2.05 bits per heavy atom. The summed E-state index contributed by atoms with van der Waals surface area (Å²) in [5.41, 5.74) is 6.09. The predicted octanol–water partition coefficient (Wildman–Crippen LogP) is 0.746. The highest BCUT2D eigenvalue weighted by atomic mass is 35.5. The van der Waals surface area contributed by atoms with Gasteiger partial charge in [0.15, 0.2) is 0 Å². The van der Waals surface area contributed by atoms with E-state index >= 15 is 0 Å². The van der Waals surface area contributed by atoms with Crippen LogP contribution < -0.4 is 17.0 Å². The summed E-state index contributed by atoms with van der Waals surface area (Å²) in [5.74, 6) is 0. The molecule has 2 rings (SSSR count). The molecule has 0 saturated carbocycles. The van der Waals surface area contributed by atoms with Crippen LogP contribution in [0.1, 0.15) is 24.7 Å². The fraction of sp³-hybridized carbons (Fsp3) is 0.462. The third-order valence-electron chi connectivity index (χ3n) is 3.30. The second kappa shape index (κ2) is 5.77. The number of rotatable bonds is 4. The quantitative estimate of drug-likeness (QED) is 0.902. The van der Waals surface area contributed by atoms with Crippen molar-refractivity contribution in [3.63, 3.8) is 0 Å². The van der Waals surface area contributed by atoms with E-state index in [1.54, 1.807) is 18.7 Å². The van der Waals surface area contributed by atoms with Crippen LogP contribution in [0.4, 0.5) is 5.69 Å². The maximum absolute atomic E-state index is 12.4. The molecular weight excluding hydrogens is 294 g/mol. The summed E-state index contributed by atoms with van der Waals surface area (Å²) in [6, 6.07) is 0. The van der Waals surface area contributed by atoms with E-state index in [-0.39, 0.29) is 12.2 Å². The van der Waals surface area contributed by atoms with Crippen LogP contribution in [0, 0.1) is 6.92 Å². The van der Waals surface area contributed by atoms with Gasteiger partial charge in [-0.2, -0.15) is 5.10 Å². The van der Waals surface area contributed by atoms with E-state index in [4.69, 9.17) is 17.3 Å². The van der Waals surface area contributed by atoms with E-state index < -0.39 is 11.2 Å². The number of anilines is 1. The number of hydrogen-bond acceptors (Lipinski definition) is 4. The minimum Gasteiger partial charge on any atom is -0.393 e. The average Bonchev–Trinajstić information content (AvgIpc) is 2.67. The Balaban J connectivity index is 2.59. The Kier molecular flexibility index (Phi) is 4.22. The maximum atomic E-state index is 12.4. The van der Waals surface area contributed by atoms with E-state index in [1.165, 1.54) is 10.8 Å². The number of aromatic nitrogens is 4. The second-order valence-electron chi connectivity index (χ2n) is 4.92. The molecule has 2 aromatic heterocycles. The molecule has 0 aliphatic heterocycles. The van der Waals surface area contributed by atoms with E-state index in [9.17, 15) is 9.59 Å². The first-order chi connectivity index (χ1) is 9.86. The number of nitrogens with two attached hydrogens (primary N) is 1. The third kappa shape index (κ3) is 2.73. The van der Waals surface area contributed by atoms with Gasteiger partial charge in [-0.15, -0.1) is 0 Å². The van der Waals surface area contributed by atoms with Gasteiger partial charge in [0.2, 0.25) is 0 Å². The monoisotopic (exact) mass is 311 g/mol. The summed E-state index contributed by atoms with van der Waals surface area (Å²) in [4.78, 5) is 24.5. The Labute approximate surface area is 126 Å². The number of nitrogens with zero attached hydrogens (tertiary/aromatic N) is 4. The zero-order chi connectivity index (χ0) is 15.7. The molecule has 0 amide bonds. The summed E-state index contributed by atoms with van der Waals surface area (Å²) in [5, 5.41) is 4.63. The molecule has 0 bridgehead atoms. The van der Waals surface area contributed by atoms with Gasteiger partial charge in [0, 0.05) is 19.8 Å². The van der Waals surface area contributed by atoms with Gasteiger partial charge in [-0.25, -0.2) is 4.79 Å². The minimum atomic E-state index is -0.512. The van der Waals surface area contributed by atoms with Gasteiger partial charge in [0.1, 0.15) is 5.69 Å². The Hall–Kier alpha value is -2.02. The van der Waals surface area contributed by atoms with E-state index in [0.717, 1.165) is 11.0 Å². The molecular formula is C13H18ClN5O2. The molecule has 8 heteroatoms. The highest BCUT2D eigenvalue weighted by molar-refractivity contribution is 6.31. The first-order valence-corrected chi connectivity index (χ1v) is 7.02. The van der Waals surface area contributed by atoms with Crippen molar-refractivity contribution in [2.45, 2.75) is 33.4 Å². The standard InChI is InChI=1S/C13H18ClN5O2/c1-4-5-18-6-9(15)12(20)19(13(18)21)7-10-11(14)8(2)16-17(10)3/h6H,4-5,7,15H2,1-3H3. The SMILES string of the molecule is CCCn1cc(N)c(=O)n(Cc2c(Cl)c(C)nn2C)c1=O. The lowest BCUT2D eigenvalue weighted by Gasteiger charge is -2.11. The van der Waals surface area contributed by atoms with E-state index in [0.29, 0.717) is 23.0 Å². The lowest BCUT2D eigenvalue weighted by molar-refractivity contribution is 0.558. The van der Waals surface area contributed by atoms with Gasteiger partial charge in [0.25, 0.3) is 5.56 Å². The molecule has 0 aliphatic rings. The highest BCUT2D eigenvalue weighted by Gasteiger charge is 2.16. The molecule has 0 aliphatic carbocycles. The maximum Gasteiger partial charge on any atom is 0.331 e. The zero-order valence-corrected chi connectivity index (χ0v) is 13.0. The van der Waals surface area contributed by atoms with Gasteiger partial charge >= 0.3 is 5.69 Å². The van der Waals surface area contributed by atoms with Gasteiger partial charge in [-0.3, -0.25) is 18.6 Å². The fourth-order valence-corrected chi connectivity index (χ4v) is 2.44. The summed E-state index contributed by atoms with van der Waals surface area (Å²) >= 11 is 6.17. The van der Waals surface area contributed by atoms with Crippen molar-refractivity contribution < 1.29 is 0 Å². The van der Waals surface area contributed by atoms with Crippen LogP contribution in [-0.4, -0.2) is 18.9 Å². The molecule has 0 spiro atoms. The first kappa shape index (κ1) is 15.4. The zero-order valence-electron chi connectivity index (χ0n) is 12.3. The Morgan fingerprint density at radius 3 is 2.57 bits per heavy atom. The van der Waals surface area contributed by atoms with Gasteiger partial charge in [-0.1, -0.05) is 18.5 Å². The molecule has 0 atom stereocenters. The van der Waals surface area contributed by atoms with Crippen molar-refractivity contribution in [3.8, 4) is 0 Å². The number of halogens is 1. The molecule has 2 N–H and O–H groups in total. The molecule has 21 heavy (non-hydrogen) atoms. The highest BCUT2D eigenvalue weighted by Crippen LogP contribution is 2.19. The molecule has 0 radical (unpaired) electrons. The van der Waals surface area contributed by atoms with Crippen LogP contribution in [0.25, 0.3) is 0 Å². The first-order valence-electron chi connectivity index (χ1n) is 6.64. The molecule has 0 aromatic carbocycles. The molecule has 7 nitrogen and oxygen atoms in total. The summed E-state index contributed by atoms with van der Waals surface area (Å²) in [7, 11) is 1.72. The van der Waals surface area contributed by atoms with Crippen molar-refractivity contribution in [1.82, 2.24) is 18.9 Å². The van der Waals surface area contributed by atoms with Crippen LogP contribution in [0.5, 0.6) is 0 Å². The van der Waals surface area contributed by atoms with E-state index in [2.05, 4.69) is 5.10 Å². The largest absolute Gasteiger partial charge is 0.393 e. The van der Waals surface area contributed by atoms with Crippen molar-refractivity contribution in [2.24, 2.45) is 7.05 Å². The molecule has 2 aromatic rings. The summed E-state index contributed by atoms with van der Waals surface area (Å²) in [6.07, 6.45) is 2.16. The van der Waals surface area contributed by atoms with Crippen molar-refractivity contribution in [2.75, 3.05) is 5.73 Å². The van der Waals surface area contributed by atoms with Crippen LogP contribution in [0.3, 0.4) is 0 Å². The van der Waals surface area contributed by atoms with Gasteiger partial charge in [-0.05, 0) is 13.3 Å². The molecule has 0 saturated heterocycles. The summed E-state index contributed by atoms with van der Waals surface area (Å²) in [6.45, 7) is 4.26. The normalized spacial score (nSPS) is 11.0.